The highest BCUT2D eigenvalue weighted by Gasteiger charge is 2.63. The molecule has 1 spiro atoms. The van der Waals surface area contributed by atoms with Gasteiger partial charge in [-0.3, -0.25) is 4.79 Å². The van der Waals surface area contributed by atoms with Gasteiger partial charge in [-0.2, -0.15) is 0 Å². The molecule has 3 heteroatoms. The van der Waals surface area contributed by atoms with E-state index in [1.807, 2.05) is 0 Å². The number of ether oxygens (including phenoxy) is 1. The van der Waals surface area contributed by atoms with Crippen molar-refractivity contribution in [2.24, 2.45) is 22.7 Å². The number of carbonyl (C=O) groups excluding carboxylic acids is 1. The summed E-state index contributed by atoms with van der Waals surface area (Å²) in [5.74, 6) is 0.953. The largest absolute Gasteiger partial charge is 0.394 e. The van der Waals surface area contributed by atoms with E-state index in [1.165, 1.54) is 6.42 Å². The zero-order chi connectivity index (χ0) is 13.0. The van der Waals surface area contributed by atoms with Crippen molar-refractivity contribution in [1.82, 2.24) is 0 Å². The van der Waals surface area contributed by atoms with Gasteiger partial charge >= 0.3 is 0 Å². The van der Waals surface area contributed by atoms with Crippen LogP contribution in [0, 0.1) is 22.7 Å². The number of hydrogen-bond acceptors (Lipinski definition) is 3. The first-order valence-corrected chi connectivity index (χ1v) is 7.27. The van der Waals surface area contributed by atoms with Crippen molar-refractivity contribution in [1.29, 1.82) is 0 Å². The zero-order valence-electron chi connectivity index (χ0n) is 11.4. The van der Waals surface area contributed by atoms with Gasteiger partial charge in [0.1, 0.15) is 5.78 Å². The molecule has 18 heavy (non-hydrogen) atoms. The van der Waals surface area contributed by atoms with Gasteiger partial charge in [0, 0.05) is 17.8 Å². The lowest BCUT2D eigenvalue weighted by atomic mass is 9.46. The van der Waals surface area contributed by atoms with E-state index in [0.717, 1.165) is 19.3 Å². The van der Waals surface area contributed by atoms with Gasteiger partial charge in [0.25, 0.3) is 0 Å². The fourth-order valence-electron chi connectivity index (χ4n) is 5.21. The van der Waals surface area contributed by atoms with E-state index in [0.29, 0.717) is 24.7 Å². The van der Waals surface area contributed by atoms with Crippen molar-refractivity contribution in [3.8, 4) is 0 Å². The first-order valence-electron chi connectivity index (χ1n) is 7.27. The number of hydrogen-bond donors (Lipinski definition) is 1. The first-order chi connectivity index (χ1) is 8.52. The molecule has 102 valence electrons. The van der Waals surface area contributed by atoms with Gasteiger partial charge in [0.15, 0.2) is 0 Å². The summed E-state index contributed by atoms with van der Waals surface area (Å²) in [7, 11) is 0. The Morgan fingerprint density at radius 2 is 2.17 bits per heavy atom. The minimum Gasteiger partial charge on any atom is -0.394 e. The Kier molecular flexibility index (Phi) is 2.83. The number of aliphatic hydroxyl groups excluding tert-OH is 1. The lowest BCUT2D eigenvalue weighted by Gasteiger charge is -2.56. The maximum atomic E-state index is 12.2. The fraction of sp³-hybridized carbons (Fsp3) is 0.933. The van der Waals surface area contributed by atoms with Crippen LogP contribution in [0.3, 0.4) is 0 Å². The maximum Gasteiger partial charge on any atom is 0.138 e. The number of ketones is 1. The van der Waals surface area contributed by atoms with E-state index < -0.39 is 0 Å². The molecule has 1 heterocycles. The molecule has 0 unspecified atom stereocenters. The van der Waals surface area contributed by atoms with Crippen molar-refractivity contribution >= 4 is 5.78 Å². The SMILES string of the molecule is CC1(C)CCC[C@@]23[C@H](CO[C@@H]2CO)C(=O)CC[C@@H]13. The molecule has 3 aliphatic rings. The molecule has 0 amide bonds. The molecule has 2 aliphatic carbocycles. The summed E-state index contributed by atoms with van der Waals surface area (Å²) in [6, 6.07) is 0. The Morgan fingerprint density at radius 3 is 2.89 bits per heavy atom. The highest BCUT2D eigenvalue weighted by Crippen LogP contribution is 2.63. The molecular formula is C15H24O3. The van der Waals surface area contributed by atoms with Crippen molar-refractivity contribution in [3.63, 3.8) is 0 Å². The van der Waals surface area contributed by atoms with Crippen LogP contribution in [0.5, 0.6) is 0 Å². The molecule has 3 nitrogen and oxygen atoms in total. The van der Waals surface area contributed by atoms with Crippen molar-refractivity contribution in [2.75, 3.05) is 13.2 Å². The maximum absolute atomic E-state index is 12.2. The molecule has 1 aliphatic heterocycles. The summed E-state index contributed by atoms with van der Waals surface area (Å²) in [5, 5.41) is 9.66. The van der Waals surface area contributed by atoms with Gasteiger partial charge in [-0.05, 0) is 30.6 Å². The molecule has 0 bridgehead atoms. The van der Waals surface area contributed by atoms with Crippen LogP contribution < -0.4 is 0 Å². The van der Waals surface area contributed by atoms with Crippen LogP contribution in [-0.4, -0.2) is 30.2 Å². The lowest BCUT2D eigenvalue weighted by molar-refractivity contribution is -0.146. The quantitative estimate of drug-likeness (QED) is 0.778. The van der Waals surface area contributed by atoms with Crippen molar-refractivity contribution in [2.45, 2.75) is 52.1 Å². The van der Waals surface area contributed by atoms with Gasteiger partial charge in [-0.1, -0.05) is 20.3 Å². The number of Topliss-reactive ketones (excluding diaryl/α,β-unsaturated/α-hetero) is 1. The molecule has 0 aromatic rings. The fourth-order valence-corrected chi connectivity index (χ4v) is 5.21. The lowest BCUT2D eigenvalue weighted by Crippen LogP contribution is -2.56. The average Bonchev–Trinajstić information content (AvgIpc) is 2.67. The van der Waals surface area contributed by atoms with Crippen molar-refractivity contribution < 1.29 is 14.6 Å². The molecule has 1 N–H and O–H groups in total. The van der Waals surface area contributed by atoms with E-state index >= 15 is 0 Å². The molecule has 0 aromatic carbocycles. The number of rotatable bonds is 1. The van der Waals surface area contributed by atoms with E-state index in [1.54, 1.807) is 0 Å². The Morgan fingerprint density at radius 1 is 1.39 bits per heavy atom. The summed E-state index contributed by atoms with van der Waals surface area (Å²) in [6.07, 6.45) is 5.04. The summed E-state index contributed by atoms with van der Waals surface area (Å²) >= 11 is 0. The van der Waals surface area contributed by atoms with Gasteiger partial charge in [-0.15, -0.1) is 0 Å². The topological polar surface area (TPSA) is 46.5 Å². The van der Waals surface area contributed by atoms with E-state index in [4.69, 9.17) is 4.74 Å². The van der Waals surface area contributed by atoms with Gasteiger partial charge in [-0.25, -0.2) is 0 Å². The Hall–Kier alpha value is -0.410. The van der Waals surface area contributed by atoms with Crippen LogP contribution >= 0.6 is 0 Å². The Balaban J connectivity index is 2.05. The van der Waals surface area contributed by atoms with Crippen LogP contribution in [0.2, 0.25) is 0 Å². The highest BCUT2D eigenvalue weighted by molar-refractivity contribution is 5.83. The standard InChI is InChI=1S/C15H24O3/c1-14(2)6-3-7-15-10(9-18-13(15)8-16)11(17)4-5-12(14)15/h10,12-13,16H,3-9H2,1-2H3/t10-,12+,13-,15+/m1/s1. The third kappa shape index (κ3) is 1.47. The normalized spacial score (nSPS) is 46.6. The second-order valence-corrected chi connectivity index (χ2v) is 7.07. The predicted molar refractivity (Wildman–Crippen MR) is 68.1 cm³/mol. The second-order valence-electron chi connectivity index (χ2n) is 7.07. The molecule has 2 saturated carbocycles. The van der Waals surface area contributed by atoms with Crippen LogP contribution in [0.25, 0.3) is 0 Å². The average molecular weight is 252 g/mol. The van der Waals surface area contributed by atoms with Gasteiger partial charge in [0.2, 0.25) is 0 Å². The van der Waals surface area contributed by atoms with E-state index in [2.05, 4.69) is 13.8 Å². The Labute approximate surface area is 109 Å². The zero-order valence-corrected chi connectivity index (χ0v) is 11.4. The van der Waals surface area contributed by atoms with Crippen LogP contribution in [0.4, 0.5) is 0 Å². The Bertz CT molecular complexity index is 363. The van der Waals surface area contributed by atoms with Gasteiger partial charge < -0.3 is 9.84 Å². The highest BCUT2D eigenvalue weighted by atomic mass is 16.5. The molecular weight excluding hydrogens is 228 g/mol. The smallest absolute Gasteiger partial charge is 0.138 e. The molecule has 4 atom stereocenters. The van der Waals surface area contributed by atoms with E-state index in [9.17, 15) is 9.90 Å². The number of aliphatic hydroxyl groups is 1. The minimum absolute atomic E-state index is 0.0491. The van der Waals surface area contributed by atoms with Gasteiger partial charge in [0.05, 0.1) is 19.3 Å². The van der Waals surface area contributed by atoms with E-state index in [-0.39, 0.29) is 29.5 Å². The summed E-state index contributed by atoms with van der Waals surface area (Å²) in [6.45, 7) is 5.27. The predicted octanol–water partition coefficient (Wildman–Crippen LogP) is 2.17. The number of carbonyl (C=O) groups is 1. The monoisotopic (exact) mass is 252 g/mol. The second kappa shape index (κ2) is 4.04. The molecule has 0 aromatic heterocycles. The first kappa shape index (κ1) is 12.6. The third-order valence-electron chi connectivity index (χ3n) is 5.97. The summed E-state index contributed by atoms with van der Waals surface area (Å²) in [5.41, 5.74) is 0.212. The van der Waals surface area contributed by atoms with Crippen LogP contribution in [-0.2, 0) is 9.53 Å². The third-order valence-corrected chi connectivity index (χ3v) is 5.97. The van der Waals surface area contributed by atoms with Crippen LogP contribution in [0.15, 0.2) is 0 Å². The van der Waals surface area contributed by atoms with Crippen molar-refractivity contribution in [3.05, 3.63) is 0 Å². The molecule has 3 fully saturated rings. The molecule has 3 rings (SSSR count). The molecule has 0 radical (unpaired) electrons. The summed E-state index contributed by atoms with van der Waals surface area (Å²) < 4.78 is 5.80. The summed E-state index contributed by atoms with van der Waals surface area (Å²) in [4.78, 5) is 12.2. The molecule has 1 saturated heterocycles. The minimum atomic E-state index is -0.115. The van der Waals surface area contributed by atoms with Crippen LogP contribution in [0.1, 0.15) is 46.0 Å².